The van der Waals surface area contributed by atoms with E-state index in [-0.39, 0.29) is 0 Å². The summed E-state index contributed by atoms with van der Waals surface area (Å²) in [6, 6.07) is 8.45. The van der Waals surface area contributed by atoms with Crippen molar-refractivity contribution in [2.45, 2.75) is 32.7 Å². The standard InChI is InChI=1S/C19H27N3O2/c1-15-7-5-8-16(13-15)18-17(14-20-9-6-12-23-2)19(24-21-18)22-10-3-4-11-22/h5,7-8,13,20H,3-4,6,9-12,14H2,1-2H3. The summed E-state index contributed by atoms with van der Waals surface area (Å²) in [7, 11) is 1.74. The molecule has 1 N–H and O–H groups in total. The molecular formula is C19H27N3O2. The van der Waals surface area contributed by atoms with Gasteiger partial charge >= 0.3 is 0 Å². The monoisotopic (exact) mass is 329 g/mol. The van der Waals surface area contributed by atoms with Crippen molar-refractivity contribution in [2.24, 2.45) is 0 Å². The lowest BCUT2D eigenvalue weighted by Gasteiger charge is -2.15. The topological polar surface area (TPSA) is 50.5 Å². The van der Waals surface area contributed by atoms with Crippen LogP contribution in [0.2, 0.25) is 0 Å². The third kappa shape index (κ3) is 3.97. The van der Waals surface area contributed by atoms with Crippen LogP contribution in [0.15, 0.2) is 28.8 Å². The van der Waals surface area contributed by atoms with Gasteiger partial charge in [0, 0.05) is 38.9 Å². The summed E-state index contributed by atoms with van der Waals surface area (Å²) in [6.45, 7) is 6.68. The number of benzene rings is 1. The zero-order chi connectivity index (χ0) is 16.8. The fraction of sp³-hybridized carbons (Fsp3) is 0.526. The van der Waals surface area contributed by atoms with Crippen LogP contribution in [0.25, 0.3) is 11.3 Å². The molecular weight excluding hydrogens is 302 g/mol. The van der Waals surface area contributed by atoms with Gasteiger partial charge < -0.3 is 19.5 Å². The summed E-state index contributed by atoms with van der Waals surface area (Å²) in [5, 5.41) is 7.91. The summed E-state index contributed by atoms with van der Waals surface area (Å²) in [6.07, 6.45) is 3.45. The SMILES string of the molecule is COCCCNCc1c(-c2cccc(C)c2)noc1N1CCCC1. The van der Waals surface area contributed by atoms with Crippen LogP contribution in [0, 0.1) is 6.92 Å². The Labute approximate surface area is 144 Å². The molecule has 5 heteroatoms. The predicted octanol–water partition coefficient (Wildman–Crippen LogP) is 3.38. The quantitative estimate of drug-likeness (QED) is 0.753. The minimum atomic E-state index is 0.766. The first-order valence-electron chi connectivity index (χ1n) is 8.80. The van der Waals surface area contributed by atoms with Gasteiger partial charge in [0.05, 0.1) is 5.56 Å². The van der Waals surface area contributed by atoms with E-state index in [2.05, 4.69) is 46.6 Å². The molecule has 1 aromatic carbocycles. The number of hydrogen-bond acceptors (Lipinski definition) is 5. The number of methoxy groups -OCH3 is 1. The highest BCUT2D eigenvalue weighted by Gasteiger charge is 2.24. The van der Waals surface area contributed by atoms with E-state index in [0.29, 0.717) is 0 Å². The van der Waals surface area contributed by atoms with E-state index in [0.717, 1.165) is 56.3 Å². The molecule has 130 valence electrons. The van der Waals surface area contributed by atoms with Crippen molar-refractivity contribution >= 4 is 5.88 Å². The van der Waals surface area contributed by atoms with Crippen molar-refractivity contribution in [3.05, 3.63) is 35.4 Å². The maximum Gasteiger partial charge on any atom is 0.232 e. The summed E-state index contributed by atoms with van der Waals surface area (Å²) in [5.74, 6) is 0.934. The van der Waals surface area contributed by atoms with Gasteiger partial charge in [0.2, 0.25) is 5.88 Å². The Hall–Kier alpha value is -1.85. The van der Waals surface area contributed by atoms with Crippen LogP contribution in [0.3, 0.4) is 0 Å². The van der Waals surface area contributed by atoms with Gasteiger partial charge in [-0.1, -0.05) is 28.9 Å². The van der Waals surface area contributed by atoms with Gasteiger partial charge in [0.25, 0.3) is 0 Å². The van der Waals surface area contributed by atoms with E-state index in [1.165, 1.54) is 24.0 Å². The Morgan fingerprint density at radius 3 is 2.88 bits per heavy atom. The molecule has 0 unspecified atom stereocenters. The van der Waals surface area contributed by atoms with Crippen LogP contribution >= 0.6 is 0 Å². The second kappa shape index (κ2) is 8.31. The molecule has 0 aliphatic carbocycles. The van der Waals surface area contributed by atoms with E-state index < -0.39 is 0 Å². The van der Waals surface area contributed by atoms with Gasteiger partial charge in [0.1, 0.15) is 5.69 Å². The van der Waals surface area contributed by atoms with Gasteiger partial charge in [-0.3, -0.25) is 0 Å². The molecule has 1 aliphatic rings. The average molecular weight is 329 g/mol. The number of rotatable bonds is 8. The Morgan fingerprint density at radius 2 is 2.12 bits per heavy atom. The van der Waals surface area contributed by atoms with Crippen LogP contribution < -0.4 is 10.2 Å². The van der Waals surface area contributed by atoms with E-state index >= 15 is 0 Å². The smallest absolute Gasteiger partial charge is 0.232 e. The normalized spacial score (nSPS) is 14.5. The number of nitrogens with one attached hydrogen (secondary N) is 1. The molecule has 5 nitrogen and oxygen atoms in total. The average Bonchev–Trinajstić information content (AvgIpc) is 3.24. The van der Waals surface area contributed by atoms with E-state index in [4.69, 9.17) is 9.26 Å². The molecule has 0 radical (unpaired) electrons. The first-order valence-corrected chi connectivity index (χ1v) is 8.80. The fourth-order valence-electron chi connectivity index (χ4n) is 3.20. The number of hydrogen-bond donors (Lipinski definition) is 1. The Balaban J connectivity index is 1.82. The highest BCUT2D eigenvalue weighted by molar-refractivity contribution is 5.69. The third-order valence-electron chi connectivity index (χ3n) is 4.46. The fourth-order valence-corrected chi connectivity index (χ4v) is 3.20. The highest BCUT2D eigenvalue weighted by atomic mass is 16.5. The van der Waals surface area contributed by atoms with Crippen LogP contribution in [-0.4, -0.2) is 38.5 Å². The van der Waals surface area contributed by atoms with E-state index in [1.807, 2.05) is 0 Å². The summed E-state index contributed by atoms with van der Waals surface area (Å²) in [4.78, 5) is 2.32. The molecule has 2 heterocycles. The zero-order valence-electron chi connectivity index (χ0n) is 14.7. The van der Waals surface area contributed by atoms with Crippen molar-refractivity contribution in [1.82, 2.24) is 10.5 Å². The molecule has 1 saturated heterocycles. The summed E-state index contributed by atoms with van der Waals surface area (Å²) in [5.41, 5.74) is 4.48. The summed E-state index contributed by atoms with van der Waals surface area (Å²) < 4.78 is 10.9. The number of aryl methyl sites for hydroxylation is 1. The molecule has 0 saturated carbocycles. The molecule has 1 aliphatic heterocycles. The summed E-state index contributed by atoms with van der Waals surface area (Å²) >= 11 is 0. The molecule has 0 atom stereocenters. The first kappa shape index (κ1) is 17.0. The third-order valence-corrected chi connectivity index (χ3v) is 4.46. The van der Waals surface area contributed by atoms with Crippen LogP contribution in [-0.2, 0) is 11.3 Å². The maximum absolute atomic E-state index is 5.76. The van der Waals surface area contributed by atoms with Gasteiger partial charge in [-0.15, -0.1) is 0 Å². The van der Waals surface area contributed by atoms with Crippen molar-refractivity contribution < 1.29 is 9.26 Å². The predicted molar refractivity (Wildman–Crippen MR) is 96.3 cm³/mol. The van der Waals surface area contributed by atoms with Gasteiger partial charge in [-0.2, -0.15) is 0 Å². The van der Waals surface area contributed by atoms with Crippen molar-refractivity contribution in [2.75, 3.05) is 38.3 Å². The van der Waals surface area contributed by atoms with Crippen LogP contribution in [0.1, 0.15) is 30.4 Å². The van der Waals surface area contributed by atoms with Gasteiger partial charge in [-0.05, 0) is 38.8 Å². The lowest BCUT2D eigenvalue weighted by molar-refractivity contribution is 0.194. The van der Waals surface area contributed by atoms with Gasteiger partial charge in [0.15, 0.2) is 0 Å². The molecule has 0 spiro atoms. The van der Waals surface area contributed by atoms with E-state index in [1.54, 1.807) is 7.11 Å². The van der Waals surface area contributed by atoms with Crippen molar-refractivity contribution in [1.29, 1.82) is 0 Å². The number of aromatic nitrogens is 1. The maximum atomic E-state index is 5.76. The lowest BCUT2D eigenvalue weighted by atomic mass is 10.0. The molecule has 2 aromatic rings. The lowest BCUT2D eigenvalue weighted by Crippen LogP contribution is -2.21. The molecule has 1 aromatic heterocycles. The van der Waals surface area contributed by atoms with Crippen LogP contribution in [0.5, 0.6) is 0 Å². The first-order chi connectivity index (χ1) is 11.8. The minimum Gasteiger partial charge on any atom is -0.385 e. The Bertz CT molecular complexity index is 648. The molecule has 24 heavy (non-hydrogen) atoms. The minimum absolute atomic E-state index is 0.766. The largest absolute Gasteiger partial charge is 0.385 e. The van der Waals surface area contributed by atoms with Crippen molar-refractivity contribution in [3.63, 3.8) is 0 Å². The second-order valence-corrected chi connectivity index (χ2v) is 6.40. The molecule has 0 bridgehead atoms. The molecule has 1 fully saturated rings. The molecule has 3 rings (SSSR count). The van der Waals surface area contributed by atoms with Crippen molar-refractivity contribution in [3.8, 4) is 11.3 Å². The number of anilines is 1. The second-order valence-electron chi connectivity index (χ2n) is 6.40. The highest BCUT2D eigenvalue weighted by Crippen LogP contribution is 2.33. The van der Waals surface area contributed by atoms with E-state index in [9.17, 15) is 0 Å². The Morgan fingerprint density at radius 1 is 1.29 bits per heavy atom. The van der Waals surface area contributed by atoms with Crippen LogP contribution in [0.4, 0.5) is 5.88 Å². The Kier molecular flexibility index (Phi) is 5.88. The zero-order valence-corrected chi connectivity index (χ0v) is 14.7. The van der Waals surface area contributed by atoms with Gasteiger partial charge in [-0.25, -0.2) is 0 Å². The number of nitrogens with zero attached hydrogens (tertiary/aromatic N) is 2. The number of ether oxygens (including phenoxy) is 1. The molecule has 0 amide bonds.